The smallest absolute Gasteiger partial charge is 0.255 e. The van der Waals surface area contributed by atoms with Crippen LogP contribution < -0.4 is 20.1 Å². The Hall–Kier alpha value is -2.24. The van der Waals surface area contributed by atoms with Crippen LogP contribution in [-0.4, -0.2) is 31.1 Å². The van der Waals surface area contributed by atoms with Crippen LogP contribution in [0.25, 0.3) is 0 Å². The molecule has 0 radical (unpaired) electrons. The number of amides is 1. The normalized spacial score (nSPS) is 18.9. The summed E-state index contributed by atoms with van der Waals surface area (Å²) in [6.07, 6.45) is 1.87. The van der Waals surface area contributed by atoms with Crippen LogP contribution in [0.4, 0.5) is 0 Å². The fraction of sp³-hybridized carbons (Fsp3) is 0.381. The van der Waals surface area contributed by atoms with E-state index >= 15 is 0 Å². The molecule has 2 atom stereocenters. The van der Waals surface area contributed by atoms with Gasteiger partial charge in [-0.1, -0.05) is 24.3 Å². The number of hydrogen-bond donors (Lipinski definition) is 2. The number of ether oxygens (including phenoxy) is 2. The maximum atomic E-state index is 12.8. The minimum atomic E-state index is -0.103. The number of carbonyl (C=O) groups excluding carboxylic acids is 1. The molecule has 0 saturated carbocycles. The third-order valence-electron chi connectivity index (χ3n) is 4.46. The van der Waals surface area contributed by atoms with Crippen LogP contribution in [0.5, 0.6) is 17.2 Å². The predicted octanol–water partition coefficient (Wildman–Crippen LogP) is 4.17. The summed E-state index contributed by atoms with van der Waals surface area (Å²) in [5.74, 6) is 1.69. The third kappa shape index (κ3) is 5.62. The number of halogens is 1. The molecule has 1 fully saturated rings. The minimum absolute atomic E-state index is 0. The van der Waals surface area contributed by atoms with E-state index in [1.165, 1.54) is 0 Å². The maximum Gasteiger partial charge on any atom is 0.255 e. The second kappa shape index (κ2) is 10.2. The quantitative estimate of drug-likeness (QED) is 0.777. The van der Waals surface area contributed by atoms with Gasteiger partial charge in [0.2, 0.25) is 0 Å². The molecule has 27 heavy (non-hydrogen) atoms. The van der Waals surface area contributed by atoms with E-state index in [4.69, 9.17) is 9.47 Å². The molecule has 1 aliphatic rings. The summed E-state index contributed by atoms with van der Waals surface area (Å²) in [5, 5.41) is 6.54. The molecule has 2 aromatic rings. The molecule has 1 saturated heterocycles. The number of piperidine rings is 1. The Balaban J connectivity index is 0.00000261. The molecule has 0 bridgehead atoms. The van der Waals surface area contributed by atoms with Crippen LogP contribution in [0, 0.1) is 0 Å². The molecular formula is C21H27ClN2O3. The van der Waals surface area contributed by atoms with Gasteiger partial charge < -0.3 is 20.1 Å². The highest BCUT2D eigenvalue weighted by molar-refractivity contribution is 5.97. The van der Waals surface area contributed by atoms with Crippen molar-refractivity contribution in [3.05, 3.63) is 54.1 Å². The lowest BCUT2D eigenvalue weighted by atomic mass is 10.00. The van der Waals surface area contributed by atoms with Crippen molar-refractivity contribution >= 4 is 18.3 Å². The first-order valence-electron chi connectivity index (χ1n) is 9.20. The molecule has 0 spiro atoms. The summed E-state index contributed by atoms with van der Waals surface area (Å²) in [6.45, 7) is 5.54. The summed E-state index contributed by atoms with van der Waals surface area (Å²) in [5.41, 5.74) is 0.532. The third-order valence-corrected chi connectivity index (χ3v) is 4.46. The summed E-state index contributed by atoms with van der Waals surface area (Å²) in [7, 11) is 0. The number of hydrogen-bond acceptors (Lipinski definition) is 4. The summed E-state index contributed by atoms with van der Waals surface area (Å²) < 4.78 is 11.6. The molecule has 0 aliphatic carbocycles. The SMILES string of the molecule is CCOc1ccccc1Oc1ccccc1C(=O)NC1CCNC(C)C1.Cl. The first-order chi connectivity index (χ1) is 12.7. The molecular weight excluding hydrogens is 364 g/mol. The molecule has 146 valence electrons. The van der Waals surface area contributed by atoms with Gasteiger partial charge in [-0.2, -0.15) is 0 Å². The lowest BCUT2D eigenvalue weighted by molar-refractivity contribution is 0.0923. The van der Waals surface area contributed by atoms with Gasteiger partial charge >= 0.3 is 0 Å². The second-order valence-electron chi connectivity index (χ2n) is 6.53. The van der Waals surface area contributed by atoms with Crippen LogP contribution in [-0.2, 0) is 0 Å². The van der Waals surface area contributed by atoms with Gasteiger partial charge in [0, 0.05) is 12.1 Å². The van der Waals surface area contributed by atoms with Crippen LogP contribution in [0.1, 0.15) is 37.0 Å². The highest BCUT2D eigenvalue weighted by Gasteiger charge is 2.22. The van der Waals surface area contributed by atoms with Crippen LogP contribution in [0.2, 0.25) is 0 Å². The van der Waals surface area contributed by atoms with E-state index in [1.54, 1.807) is 6.07 Å². The second-order valence-corrected chi connectivity index (χ2v) is 6.53. The average molecular weight is 391 g/mol. The van der Waals surface area contributed by atoms with E-state index in [0.29, 0.717) is 35.5 Å². The largest absolute Gasteiger partial charge is 0.490 e. The molecule has 0 aromatic heterocycles. The average Bonchev–Trinajstić information content (AvgIpc) is 2.64. The van der Waals surface area contributed by atoms with Gasteiger partial charge in [0.05, 0.1) is 12.2 Å². The maximum absolute atomic E-state index is 12.8. The van der Waals surface area contributed by atoms with Crippen molar-refractivity contribution in [1.82, 2.24) is 10.6 Å². The summed E-state index contributed by atoms with van der Waals surface area (Å²) >= 11 is 0. The zero-order chi connectivity index (χ0) is 18.4. The fourth-order valence-corrected chi connectivity index (χ4v) is 3.20. The topological polar surface area (TPSA) is 59.6 Å². The highest BCUT2D eigenvalue weighted by Crippen LogP contribution is 2.33. The summed E-state index contributed by atoms with van der Waals surface area (Å²) in [4.78, 5) is 12.8. The number of para-hydroxylation sites is 3. The monoisotopic (exact) mass is 390 g/mol. The molecule has 2 unspecified atom stereocenters. The van der Waals surface area contributed by atoms with Gasteiger partial charge in [-0.15, -0.1) is 12.4 Å². The molecule has 1 amide bonds. The standard InChI is InChI=1S/C21H26N2O3.ClH/c1-3-25-19-10-6-7-11-20(19)26-18-9-5-4-8-17(18)21(24)23-16-12-13-22-15(2)14-16;/h4-11,15-16,22H,3,12-14H2,1-2H3,(H,23,24);1H. The van der Waals surface area contributed by atoms with Crippen molar-refractivity contribution in [1.29, 1.82) is 0 Å². The van der Waals surface area contributed by atoms with E-state index in [9.17, 15) is 4.79 Å². The van der Waals surface area contributed by atoms with Crippen LogP contribution >= 0.6 is 12.4 Å². The van der Waals surface area contributed by atoms with Gasteiger partial charge in [0.25, 0.3) is 5.91 Å². The highest BCUT2D eigenvalue weighted by atomic mass is 35.5. The van der Waals surface area contributed by atoms with Crippen molar-refractivity contribution in [2.24, 2.45) is 0 Å². The van der Waals surface area contributed by atoms with Gasteiger partial charge in [0.1, 0.15) is 5.75 Å². The molecule has 6 heteroatoms. The van der Waals surface area contributed by atoms with E-state index in [1.807, 2.05) is 49.4 Å². The van der Waals surface area contributed by atoms with Crippen molar-refractivity contribution in [2.75, 3.05) is 13.2 Å². The van der Waals surface area contributed by atoms with E-state index in [2.05, 4.69) is 17.6 Å². The number of nitrogens with one attached hydrogen (secondary N) is 2. The van der Waals surface area contributed by atoms with Gasteiger partial charge in [-0.3, -0.25) is 4.79 Å². The van der Waals surface area contributed by atoms with Crippen molar-refractivity contribution in [2.45, 2.75) is 38.8 Å². The van der Waals surface area contributed by atoms with Gasteiger partial charge in [-0.25, -0.2) is 0 Å². The zero-order valence-corrected chi connectivity index (χ0v) is 16.6. The molecule has 2 aromatic carbocycles. The number of rotatable bonds is 6. The molecule has 1 aliphatic heterocycles. The van der Waals surface area contributed by atoms with Gasteiger partial charge in [0.15, 0.2) is 11.5 Å². The first-order valence-corrected chi connectivity index (χ1v) is 9.20. The summed E-state index contributed by atoms with van der Waals surface area (Å²) in [6, 6.07) is 15.4. The Morgan fingerprint density at radius 3 is 2.48 bits per heavy atom. The lowest BCUT2D eigenvalue weighted by Crippen LogP contribution is -2.46. The van der Waals surface area contributed by atoms with Crippen molar-refractivity contribution in [3.63, 3.8) is 0 Å². The zero-order valence-electron chi connectivity index (χ0n) is 15.7. The van der Waals surface area contributed by atoms with Crippen LogP contribution in [0.3, 0.4) is 0 Å². The van der Waals surface area contributed by atoms with Crippen LogP contribution in [0.15, 0.2) is 48.5 Å². The Morgan fingerprint density at radius 1 is 1.11 bits per heavy atom. The molecule has 2 N–H and O–H groups in total. The number of benzene rings is 2. The van der Waals surface area contributed by atoms with Crippen molar-refractivity contribution in [3.8, 4) is 17.2 Å². The number of carbonyl (C=O) groups is 1. The van der Waals surface area contributed by atoms with Gasteiger partial charge in [-0.05, 0) is 57.5 Å². The lowest BCUT2D eigenvalue weighted by Gasteiger charge is -2.28. The fourth-order valence-electron chi connectivity index (χ4n) is 3.20. The first kappa shape index (κ1) is 21.1. The van der Waals surface area contributed by atoms with E-state index in [0.717, 1.165) is 19.4 Å². The Labute approximate surface area is 166 Å². The Kier molecular flexibility index (Phi) is 7.95. The Bertz CT molecular complexity index is 754. The van der Waals surface area contributed by atoms with E-state index in [-0.39, 0.29) is 24.4 Å². The molecule has 5 nitrogen and oxygen atoms in total. The Morgan fingerprint density at radius 2 is 1.78 bits per heavy atom. The molecule has 3 rings (SSSR count). The predicted molar refractivity (Wildman–Crippen MR) is 109 cm³/mol. The minimum Gasteiger partial charge on any atom is -0.490 e. The van der Waals surface area contributed by atoms with Crippen molar-refractivity contribution < 1.29 is 14.3 Å². The molecule has 1 heterocycles. The van der Waals surface area contributed by atoms with E-state index < -0.39 is 0 Å².